The first-order chi connectivity index (χ1) is 13.3. The second-order valence-electron chi connectivity index (χ2n) is 12.2. The summed E-state index contributed by atoms with van der Waals surface area (Å²) in [6, 6.07) is 0. The van der Waals surface area contributed by atoms with Crippen LogP contribution in [-0.4, -0.2) is 11.2 Å². The van der Waals surface area contributed by atoms with Crippen molar-refractivity contribution in [2.24, 2.45) is 46.3 Å². The maximum atomic E-state index is 10.2. The minimum absolute atomic E-state index is 0.0766. The molecule has 4 aliphatic carbocycles. The van der Waals surface area contributed by atoms with E-state index in [1.54, 1.807) is 5.57 Å². The molecule has 3 saturated carbocycles. The Bertz CT molecular complexity index is 591. The van der Waals surface area contributed by atoms with Crippen molar-refractivity contribution in [1.82, 2.24) is 0 Å². The van der Waals surface area contributed by atoms with E-state index in [1.807, 2.05) is 0 Å². The number of aliphatic hydroxyl groups is 1. The van der Waals surface area contributed by atoms with Crippen LogP contribution in [0.5, 0.6) is 0 Å². The average molecular weight is 387 g/mol. The Labute approximate surface area is 174 Å². The van der Waals surface area contributed by atoms with E-state index < -0.39 is 0 Å². The molecule has 1 N–H and O–H groups in total. The predicted octanol–water partition coefficient (Wildman–Crippen LogP) is 7.39. The van der Waals surface area contributed by atoms with Crippen molar-refractivity contribution in [2.45, 2.75) is 111 Å². The first kappa shape index (κ1) is 21.0. The van der Waals surface area contributed by atoms with Gasteiger partial charge in [-0.05, 0) is 97.7 Å². The third-order valence-corrected chi connectivity index (χ3v) is 10.3. The lowest BCUT2D eigenvalue weighted by Crippen LogP contribution is -2.50. The zero-order valence-corrected chi connectivity index (χ0v) is 19.3. The van der Waals surface area contributed by atoms with Crippen LogP contribution >= 0.6 is 0 Å². The quantitative estimate of drug-likeness (QED) is 0.488. The summed E-state index contributed by atoms with van der Waals surface area (Å²) in [5.41, 5.74) is 2.60. The monoisotopic (exact) mass is 386 g/mol. The molecule has 8 atom stereocenters. The SMILES string of the molecule is CC(C)CCC[C@@H](C)C1CCC2[C@@H]3CC=C4CC(O)CCC4(C)C3CC[C@@]21C. The Morgan fingerprint density at radius 2 is 1.79 bits per heavy atom. The molecular weight excluding hydrogens is 340 g/mol. The van der Waals surface area contributed by atoms with Gasteiger partial charge in [0.1, 0.15) is 0 Å². The molecule has 0 spiro atoms. The first-order valence-electron chi connectivity index (χ1n) is 12.6. The van der Waals surface area contributed by atoms with Gasteiger partial charge in [-0.1, -0.05) is 65.5 Å². The third-order valence-electron chi connectivity index (χ3n) is 10.3. The zero-order valence-electron chi connectivity index (χ0n) is 19.3. The summed E-state index contributed by atoms with van der Waals surface area (Å²) in [4.78, 5) is 0. The number of hydrogen-bond acceptors (Lipinski definition) is 1. The topological polar surface area (TPSA) is 20.2 Å². The van der Waals surface area contributed by atoms with Gasteiger partial charge in [-0.25, -0.2) is 0 Å². The molecule has 0 heterocycles. The van der Waals surface area contributed by atoms with Crippen molar-refractivity contribution < 1.29 is 5.11 Å². The molecule has 0 saturated heterocycles. The van der Waals surface area contributed by atoms with Crippen LogP contribution in [0.2, 0.25) is 0 Å². The van der Waals surface area contributed by atoms with E-state index in [4.69, 9.17) is 0 Å². The number of aliphatic hydroxyl groups excluding tert-OH is 1. The summed E-state index contributed by atoms with van der Waals surface area (Å²) in [5.74, 6) is 5.46. The second kappa shape index (κ2) is 7.75. The summed E-state index contributed by atoms with van der Waals surface area (Å²) < 4.78 is 0. The lowest BCUT2D eigenvalue weighted by molar-refractivity contribution is -0.0573. The molecule has 1 heteroatoms. The van der Waals surface area contributed by atoms with Crippen molar-refractivity contribution in [1.29, 1.82) is 0 Å². The minimum Gasteiger partial charge on any atom is -0.393 e. The van der Waals surface area contributed by atoms with Crippen LogP contribution in [0.1, 0.15) is 105 Å². The minimum atomic E-state index is -0.0766. The fourth-order valence-electron chi connectivity index (χ4n) is 8.67. The van der Waals surface area contributed by atoms with Gasteiger partial charge < -0.3 is 5.11 Å². The Morgan fingerprint density at radius 1 is 1.00 bits per heavy atom. The maximum absolute atomic E-state index is 10.2. The van der Waals surface area contributed by atoms with Crippen LogP contribution in [0.15, 0.2) is 11.6 Å². The second-order valence-corrected chi connectivity index (χ2v) is 12.2. The highest BCUT2D eigenvalue weighted by molar-refractivity contribution is 5.25. The maximum Gasteiger partial charge on any atom is 0.0577 e. The molecule has 0 aliphatic heterocycles. The van der Waals surface area contributed by atoms with Crippen molar-refractivity contribution in [3.05, 3.63) is 11.6 Å². The summed E-state index contributed by atoms with van der Waals surface area (Å²) in [6.07, 6.45) is 17.2. The standard InChI is InChI=1S/C27H46O/c1-18(2)7-6-8-19(3)23-11-12-24-22-10-9-20-17-21(28)13-15-26(20,4)25(22)14-16-27(23,24)5/h9,18-19,21-25,28H,6-8,10-17H2,1-5H3/t19-,21?,22+,23?,24?,25?,26?,27-/m1/s1. The molecule has 0 amide bonds. The van der Waals surface area contributed by atoms with Crippen molar-refractivity contribution in [3.63, 3.8) is 0 Å². The predicted molar refractivity (Wildman–Crippen MR) is 119 cm³/mol. The zero-order chi connectivity index (χ0) is 20.1. The van der Waals surface area contributed by atoms with Gasteiger partial charge in [0, 0.05) is 0 Å². The van der Waals surface area contributed by atoms with Crippen molar-refractivity contribution in [3.8, 4) is 0 Å². The fourth-order valence-corrected chi connectivity index (χ4v) is 8.67. The van der Waals surface area contributed by atoms with Gasteiger partial charge in [0.25, 0.3) is 0 Å². The highest BCUT2D eigenvalue weighted by Gasteiger charge is 2.59. The van der Waals surface area contributed by atoms with Crippen LogP contribution in [0.25, 0.3) is 0 Å². The van der Waals surface area contributed by atoms with Gasteiger partial charge in [-0.15, -0.1) is 0 Å². The number of allylic oxidation sites excluding steroid dienone is 1. The van der Waals surface area contributed by atoms with E-state index in [9.17, 15) is 5.11 Å². The largest absolute Gasteiger partial charge is 0.393 e. The van der Waals surface area contributed by atoms with E-state index >= 15 is 0 Å². The molecule has 0 aromatic rings. The Kier molecular flexibility index (Phi) is 5.80. The van der Waals surface area contributed by atoms with Gasteiger partial charge in [0.05, 0.1) is 6.10 Å². The molecule has 0 aromatic heterocycles. The molecule has 3 fully saturated rings. The molecule has 1 nitrogen and oxygen atoms in total. The van der Waals surface area contributed by atoms with Gasteiger partial charge >= 0.3 is 0 Å². The molecular formula is C27H46O. The molecule has 0 aromatic carbocycles. The number of fused-ring (bicyclic) bond motifs is 5. The van der Waals surface area contributed by atoms with Crippen LogP contribution < -0.4 is 0 Å². The lowest BCUT2D eigenvalue weighted by atomic mass is 9.47. The van der Waals surface area contributed by atoms with E-state index in [-0.39, 0.29) is 6.10 Å². The molecule has 160 valence electrons. The molecule has 4 rings (SSSR count). The molecule has 0 bridgehead atoms. The van der Waals surface area contributed by atoms with Gasteiger partial charge in [-0.3, -0.25) is 0 Å². The van der Waals surface area contributed by atoms with E-state index in [0.29, 0.717) is 10.8 Å². The highest BCUT2D eigenvalue weighted by Crippen LogP contribution is 2.67. The van der Waals surface area contributed by atoms with Crippen LogP contribution in [0.3, 0.4) is 0 Å². The molecule has 4 aliphatic rings. The van der Waals surface area contributed by atoms with Crippen LogP contribution in [0, 0.1) is 46.3 Å². The lowest BCUT2D eigenvalue weighted by Gasteiger charge is -2.58. The summed E-state index contributed by atoms with van der Waals surface area (Å²) in [6.45, 7) is 12.6. The van der Waals surface area contributed by atoms with Gasteiger partial charge in [0.15, 0.2) is 0 Å². The normalized spacial score (nSPS) is 46.5. The van der Waals surface area contributed by atoms with E-state index in [1.165, 1.54) is 57.8 Å². The Balaban J connectivity index is 1.49. The van der Waals surface area contributed by atoms with Crippen molar-refractivity contribution in [2.75, 3.05) is 0 Å². The molecule has 0 radical (unpaired) electrons. The van der Waals surface area contributed by atoms with E-state index in [2.05, 4.69) is 40.7 Å². The first-order valence-corrected chi connectivity index (χ1v) is 12.6. The van der Waals surface area contributed by atoms with Crippen molar-refractivity contribution >= 4 is 0 Å². The van der Waals surface area contributed by atoms with Gasteiger partial charge in [-0.2, -0.15) is 0 Å². The van der Waals surface area contributed by atoms with Gasteiger partial charge in [0.2, 0.25) is 0 Å². The Morgan fingerprint density at radius 3 is 2.54 bits per heavy atom. The molecule has 28 heavy (non-hydrogen) atoms. The number of rotatable bonds is 5. The van der Waals surface area contributed by atoms with Crippen LogP contribution in [-0.2, 0) is 0 Å². The average Bonchev–Trinajstić information content (AvgIpc) is 2.99. The summed E-state index contributed by atoms with van der Waals surface area (Å²) in [7, 11) is 0. The fraction of sp³-hybridized carbons (Fsp3) is 0.926. The third kappa shape index (κ3) is 3.42. The summed E-state index contributed by atoms with van der Waals surface area (Å²) >= 11 is 0. The van der Waals surface area contributed by atoms with E-state index in [0.717, 1.165) is 48.3 Å². The summed E-state index contributed by atoms with van der Waals surface area (Å²) in [5, 5.41) is 10.2. The van der Waals surface area contributed by atoms with Crippen LogP contribution in [0.4, 0.5) is 0 Å². The number of hydrogen-bond donors (Lipinski definition) is 1. The smallest absolute Gasteiger partial charge is 0.0577 e. The highest BCUT2D eigenvalue weighted by atomic mass is 16.3. The Hall–Kier alpha value is -0.300. The molecule has 5 unspecified atom stereocenters.